The molecule has 1 atom stereocenters. The van der Waals surface area contributed by atoms with Crippen molar-refractivity contribution in [3.63, 3.8) is 0 Å². The molecule has 1 heterocycles. The first-order valence-electron chi connectivity index (χ1n) is 8.45. The quantitative estimate of drug-likeness (QED) is 0.564. The molecule has 0 aromatic carbocycles. The van der Waals surface area contributed by atoms with Crippen molar-refractivity contribution < 1.29 is 23.8 Å². The van der Waals surface area contributed by atoms with Gasteiger partial charge in [0.05, 0.1) is 19.3 Å². The molecular formula is C18H31NO5. The van der Waals surface area contributed by atoms with Crippen molar-refractivity contribution in [2.24, 2.45) is 0 Å². The molecule has 1 rings (SSSR count). The molecule has 138 valence electrons. The van der Waals surface area contributed by atoms with E-state index in [1.54, 1.807) is 11.8 Å². The van der Waals surface area contributed by atoms with E-state index in [-0.39, 0.29) is 12.0 Å². The fourth-order valence-corrected chi connectivity index (χ4v) is 2.57. The molecule has 0 saturated carbocycles. The second kappa shape index (κ2) is 8.01. The molecule has 0 radical (unpaired) electrons. The van der Waals surface area contributed by atoms with Crippen LogP contribution in [0.3, 0.4) is 0 Å². The highest BCUT2D eigenvalue weighted by atomic mass is 16.6. The first-order valence-corrected chi connectivity index (χ1v) is 8.45. The normalized spacial score (nSPS) is 20.9. The minimum absolute atomic E-state index is 0.211. The molecular weight excluding hydrogens is 310 g/mol. The van der Waals surface area contributed by atoms with E-state index in [0.29, 0.717) is 26.1 Å². The van der Waals surface area contributed by atoms with E-state index in [1.807, 2.05) is 47.6 Å². The van der Waals surface area contributed by atoms with Crippen LogP contribution in [0.25, 0.3) is 0 Å². The van der Waals surface area contributed by atoms with Crippen LogP contribution in [0.5, 0.6) is 0 Å². The third kappa shape index (κ3) is 6.15. The highest BCUT2D eigenvalue weighted by molar-refractivity contribution is 5.70. The fraction of sp³-hybridized carbons (Fsp3) is 0.778. The molecule has 1 aliphatic rings. The fourth-order valence-electron chi connectivity index (χ4n) is 2.57. The highest BCUT2D eigenvalue weighted by Gasteiger charge is 2.44. The summed E-state index contributed by atoms with van der Waals surface area (Å²) in [5.74, 6) is -0.211. The summed E-state index contributed by atoms with van der Waals surface area (Å²) in [6, 6.07) is -0.211. The molecule has 0 aromatic heterocycles. The van der Waals surface area contributed by atoms with Gasteiger partial charge in [-0.1, -0.05) is 11.6 Å². The van der Waals surface area contributed by atoms with Crippen LogP contribution in [0.4, 0.5) is 4.79 Å². The van der Waals surface area contributed by atoms with Gasteiger partial charge in [0.15, 0.2) is 0 Å². The molecule has 0 aliphatic carbocycles. The van der Waals surface area contributed by atoms with Gasteiger partial charge in [-0.25, -0.2) is 4.79 Å². The molecule has 1 aliphatic heterocycles. The van der Waals surface area contributed by atoms with E-state index >= 15 is 0 Å². The monoisotopic (exact) mass is 341 g/mol. The van der Waals surface area contributed by atoms with Crippen LogP contribution in [-0.4, -0.2) is 47.5 Å². The number of ether oxygens (including phenoxy) is 3. The van der Waals surface area contributed by atoms with Crippen LogP contribution >= 0.6 is 0 Å². The summed E-state index contributed by atoms with van der Waals surface area (Å²) in [5, 5.41) is 0. The van der Waals surface area contributed by atoms with Crippen molar-refractivity contribution in [1.82, 2.24) is 4.90 Å². The van der Waals surface area contributed by atoms with Gasteiger partial charge in [-0.15, -0.1) is 0 Å². The predicted molar refractivity (Wildman–Crippen MR) is 91.5 cm³/mol. The lowest BCUT2D eigenvalue weighted by Gasteiger charge is -2.34. The molecule has 1 amide bonds. The number of amides is 1. The van der Waals surface area contributed by atoms with Crippen LogP contribution in [0, 0.1) is 0 Å². The number of hydrogen-bond acceptors (Lipinski definition) is 5. The van der Waals surface area contributed by atoms with E-state index < -0.39 is 17.4 Å². The number of esters is 1. The SMILES string of the molecule is CCOC(=O)CCC(C)=C[C@@H]1COC(C)(C)N1C(=O)OC(C)(C)C. The second-order valence-corrected chi connectivity index (χ2v) is 7.49. The van der Waals surface area contributed by atoms with Crippen molar-refractivity contribution in [3.05, 3.63) is 11.6 Å². The summed E-state index contributed by atoms with van der Waals surface area (Å²) in [6.07, 6.45) is 2.50. The number of nitrogens with zero attached hydrogens (tertiary/aromatic N) is 1. The third-order valence-corrected chi connectivity index (χ3v) is 3.62. The van der Waals surface area contributed by atoms with Gasteiger partial charge in [0.25, 0.3) is 0 Å². The van der Waals surface area contributed by atoms with E-state index in [0.717, 1.165) is 5.57 Å². The Kier molecular flexibility index (Phi) is 6.84. The maximum atomic E-state index is 12.5. The third-order valence-electron chi connectivity index (χ3n) is 3.62. The van der Waals surface area contributed by atoms with Crippen molar-refractivity contribution >= 4 is 12.1 Å². The number of carbonyl (C=O) groups excluding carboxylic acids is 2. The van der Waals surface area contributed by atoms with Crippen molar-refractivity contribution in [3.8, 4) is 0 Å². The maximum Gasteiger partial charge on any atom is 0.413 e. The van der Waals surface area contributed by atoms with Crippen LogP contribution in [0.15, 0.2) is 11.6 Å². The summed E-state index contributed by atoms with van der Waals surface area (Å²) >= 11 is 0. The average molecular weight is 341 g/mol. The van der Waals surface area contributed by atoms with Gasteiger partial charge in [-0.3, -0.25) is 9.69 Å². The van der Waals surface area contributed by atoms with E-state index in [1.165, 1.54) is 0 Å². The van der Waals surface area contributed by atoms with Crippen LogP contribution < -0.4 is 0 Å². The zero-order valence-corrected chi connectivity index (χ0v) is 16.0. The van der Waals surface area contributed by atoms with Gasteiger partial charge in [-0.2, -0.15) is 0 Å². The number of rotatable bonds is 5. The molecule has 0 N–H and O–H groups in total. The zero-order valence-electron chi connectivity index (χ0n) is 16.0. The van der Waals surface area contributed by atoms with Gasteiger partial charge >= 0.3 is 12.1 Å². The van der Waals surface area contributed by atoms with E-state index in [2.05, 4.69) is 0 Å². The Hall–Kier alpha value is -1.56. The van der Waals surface area contributed by atoms with Gasteiger partial charge in [0.2, 0.25) is 0 Å². The van der Waals surface area contributed by atoms with E-state index in [4.69, 9.17) is 14.2 Å². The van der Waals surface area contributed by atoms with Crippen molar-refractivity contribution in [1.29, 1.82) is 0 Å². The van der Waals surface area contributed by atoms with Gasteiger partial charge < -0.3 is 14.2 Å². The summed E-state index contributed by atoms with van der Waals surface area (Å²) in [4.78, 5) is 25.6. The lowest BCUT2D eigenvalue weighted by atomic mass is 10.1. The Labute approximate surface area is 145 Å². The number of hydrogen-bond donors (Lipinski definition) is 0. The molecule has 24 heavy (non-hydrogen) atoms. The lowest BCUT2D eigenvalue weighted by molar-refractivity contribution is -0.143. The lowest BCUT2D eigenvalue weighted by Crippen LogP contribution is -2.49. The molecule has 1 saturated heterocycles. The summed E-state index contributed by atoms with van der Waals surface area (Å²) in [5.41, 5.74) is -0.281. The molecule has 0 bridgehead atoms. The number of carbonyl (C=O) groups is 2. The van der Waals surface area contributed by atoms with Crippen molar-refractivity contribution in [2.75, 3.05) is 13.2 Å². The molecule has 0 spiro atoms. The predicted octanol–water partition coefficient (Wildman–Crippen LogP) is 3.65. The molecule has 1 fully saturated rings. The smallest absolute Gasteiger partial charge is 0.413 e. The molecule has 6 heteroatoms. The van der Waals surface area contributed by atoms with Crippen molar-refractivity contribution in [2.45, 2.75) is 78.7 Å². The minimum Gasteiger partial charge on any atom is -0.466 e. The maximum absolute atomic E-state index is 12.5. The average Bonchev–Trinajstić information content (AvgIpc) is 2.70. The van der Waals surface area contributed by atoms with Crippen LogP contribution in [0.1, 0.15) is 61.3 Å². The zero-order chi connectivity index (χ0) is 18.5. The van der Waals surface area contributed by atoms with Crippen LogP contribution in [0.2, 0.25) is 0 Å². The van der Waals surface area contributed by atoms with Gasteiger partial charge in [0, 0.05) is 6.42 Å². The Morgan fingerprint density at radius 3 is 2.46 bits per heavy atom. The Morgan fingerprint density at radius 1 is 1.29 bits per heavy atom. The van der Waals surface area contributed by atoms with Gasteiger partial charge in [-0.05, 0) is 54.9 Å². The molecule has 0 unspecified atom stereocenters. The molecule has 6 nitrogen and oxygen atoms in total. The molecule has 0 aromatic rings. The highest BCUT2D eigenvalue weighted by Crippen LogP contribution is 2.30. The second-order valence-electron chi connectivity index (χ2n) is 7.49. The largest absolute Gasteiger partial charge is 0.466 e. The summed E-state index contributed by atoms with van der Waals surface area (Å²) < 4.78 is 16.2. The van der Waals surface area contributed by atoms with Crippen LogP contribution in [-0.2, 0) is 19.0 Å². The summed E-state index contributed by atoms with van der Waals surface area (Å²) in [7, 11) is 0. The Bertz CT molecular complexity index is 490. The Morgan fingerprint density at radius 2 is 1.92 bits per heavy atom. The van der Waals surface area contributed by atoms with Gasteiger partial charge in [0.1, 0.15) is 11.3 Å². The first-order chi connectivity index (χ1) is 11.0. The first kappa shape index (κ1) is 20.5. The minimum atomic E-state index is -0.731. The standard InChI is InChI=1S/C18H31NO5/c1-8-22-15(20)10-9-13(2)11-14-12-23-18(6,7)19(14)16(21)24-17(3,4)5/h11,14H,8-10,12H2,1-7H3/t14-/m1/s1. The topological polar surface area (TPSA) is 65.1 Å². The Balaban J connectivity index is 2.79. The summed E-state index contributed by atoms with van der Waals surface area (Å²) in [6.45, 7) is 13.7. The number of allylic oxidation sites excluding steroid dienone is 1. The van der Waals surface area contributed by atoms with E-state index in [9.17, 15) is 9.59 Å².